The number of oxazole rings is 1. The molecule has 31 heavy (non-hydrogen) atoms. The molecule has 0 spiro atoms. The number of nitrogens with zero attached hydrogens (tertiary/aromatic N) is 1. The lowest BCUT2D eigenvalue weighted by Gasteiger charge is -2.11. The molecular formula is C23H18FN3O3S. The molecule has 0 radical (unpaired) electrons. The van der Waals surface area contributed by atoms with E-state index in [0.29, 0.717) is 22.4 Å². The number of rotatable bonds is 4. The number of carbonyl (C=O) groups is 1. The monoisotopic (exact) mass is 435 g/mol. The number of aromatic hydroxyl groups is 1. The smallest absolute Gasteiger partial charge is 0.257 e. The predicted molar refractivity (Wildman–Crippen MR) is 121 cm³/mol. The molecule has 0 aliphatic carbocycles. The topological polar surface area (TPSA) is 87.4 Å². The van der Waals surface area contributed by atoms with E-state index in [4.69, 9.17) is 16.6 Å². The van der Waals surface area contributed by atoms with Crippen molar-refractivity contribution in [1.29, 1.82) is 0 Å². The van der Waals surface area contributed by atoms with E-state index in [1.54, 1.807) is 12.1 Å². The van der Waals surface area contributed by atoms with E-state index in [1.807, 2.05) is 18.2 Å². The highest BCUT2D eigenvalue weighted by atomic mass is 32.1. The summed E-state index contributed by atoms with van der Waals surface area (Å²) in [5.74, 6) is -0.803. The summed E-state index contributed by atoms with van der Waals surface area (Å²) in [6.45, 7) is 2.05. The Hall–Kier alpha value is -3.78. The summed E-state index contributed by atoms with van der Waals surface area (Å²) in [5, 5.41) is 15.7. The summed E-state index contributed by atoms with van der Waals surface area (Å²) >= 11 is 5.18. The van der Waals surface area contributed by atoms with Crippen LogP contribution in [0.1, 0.15) is 22.8 Å². The largest absolute Gasteiger partial charge is 0.507 e. The number of aryl methyl sites for hydroxylation is 1. The van der Waals surface area contributed by atoms with Crippen molar-refractivity contribution in [3.05, 3.63) is 77.6 Å². The Labute approximate surface area is 182 Å². The number of benzene rings is 3. The zero-order valence-electron chi connectivity index (χ0n) is 16.5. The maximum absolute atomic E-state index is 13.3. The highest BCUT2D eigenvalue weighted by Gasteiger charge is 2.15. The minimum Gasteiger partial charge on any atom is -0.507 e. The van der Waals surface area contributed by atoms with Crippen LogP contribution in [0.2, 0.25) is 0 Å². The number of nitrogens with one attached hydrogen (secondary N) is 2. The van der Waals surface area contributed by atoms with Gasteiger partial charge in [-0.15, -0.1) is 0 Å². The van der Waals surface area contributed by atoms with Gasteiger partial charge in [0, 0.05) is 11.3 Å². The van der Waals surface area contributed by atoms with Gasteiger partial charge in [-0.2, -0.15) is 0 Å². The SMILES string of the molecule is CCc1ccc2oc(-c3cc(NC(=S)NC(=O)c4cccc(F)c4)ccc3O)nc2c1. The Morgan fingerprint density at radius 2 is 2.00 bits per heavy atom. The minimum absolute atomic E-state index is 0.0115. The number of hydrogen-bond donors (Lipinski definition) is 3. The summed E-state index contributed by atoms with van der Waals surface area (Å²) in [6.07, 6.45) is 0.877. The summed E-state index contributed by atoms with van der Waals surface area (Å²) in [6, 6.07) is 15.7. The van der Waals surface area contributed by atoms with Gasteiger partial charge in [-0.1, -0.05) is 19.1 Å². The fraction of sp³-hybridized carbons (Fsp3) is 0.0870. The second kappa shape index (κ2) is 8.53. The summed E-state index contributed by atoms with van der Waals surface area (Å²) in [7, 11) is 0. The molecule has 4 rings (SSSR count). The van der Waals surface area contributed by atoms with Crippen LogP contribution < -0.4 is 10.6 Å². The summed E-state index contributed by atoms with van der Waals surface area (Å²) in [4.78, 5) is 16.7. The summed E-state index contributed by atoms with van der Waals surface area (Å²) < 4.78 is 19.1. The number of fused-ring (bicyclic) bond motifs is 1. The van der Waals surface area contributed by atoms with Gasteiger partial charge in [0.15, 0.2) is 10.7 Å². The van der Waals surface area contributed by atoms with E-state index >= 15 is 0 Å². The third-order valence-corrected chi connectivity index (χ3v) is 4.86. The Morgan fingerprint density at radius 3 is 2.77 bits per heavy atom. The molecule has 0 aliphatic heterocycles. The van der Waals surface area contributed by atoms with Crippen LogP contribution in [0.4, 0.5) is 10.1 Å². The fourth-order valence-electron chi connectivity index (χ4n) is 3.06. The van der Waals surface area contributed by atoms with Gasteiger partial charge in [0.1, 0.15) is 17.1 Å². The summed E-state index contributed by atoms with van der Waals surface area (Å²) in [5.41, 5.74) is 3.47. The molecule has 0 atom stereocenters. The van der Waals surface area contributed by atoms with E-state index in [2.05, 4.69) is 22.5 Å². The van der Waals surface area contributed by atoms with E-state index in [1.165, 1.54) is 24.3 Å². The molecule has 3 aromatic carbocycles. The van der Waals surface area contributed by atoms with Gasteiger partial charge in [0.2, 0.25) is 5.89 Å². The van der Waals surface area contributed by atoms with Crippen LogP contribution in [0.25, 0.3) is 22.6 Å². The van der Waals surface area contributed by atoms with Crippen molar-refractivity contribution in [2.75, 3.05) is 5.32 Å². The van der Waals surface area contributed by atoms with Gasteiger partial charge < -0.3 is 14.8 Å². The van der Waals surface area contributed by atoms with Crippen molar-refractivity contribution in [3.63, 3.8) is 0 Å². The van der Waals surface area contributed by atoms with Crippen LogP contribution in [0.15, 0.2) is 65.1 Å². The first kappa shape index (κ1) is 20.5. The molecule has 1 aromatic heterocycles. The third kappa shape index (κ3) is 4.54. The van der Waals surface area contributed by atoms with Crippen molar-refractivity contribution in [3.8, 4) is 17.2 Å². The van der Waals surface area contributed by atoms with Crippen LogP contribution in [0.5, 0.6) is 5.75 Å². The van der Waals surface area contributed by atoms with Gasteiger partial charge in [-0.05, 0) is 72.7 Å². The second-order valence-corrected chi connectivity index (χ2v) is 7.23. The predicted octanol–water partition coefficient (Wildman–Crippen LogP) is 5.03. The molecule has 156 valence electrons. The number of phenolic OH excluding ortho intramolecular Hbond substituents is 1. The minimum atomic E-state index is -0.540. The number of phenols is 1. The van der Waals surface area contributed by atoms with Crippen molar-refractivity contribution >= 4 is 40.0 Å². The zero-order valence-corrected chi connectivity index (χ0v) is 17.3. The molecule has 0 bridgehead atoms. The fourth-order valence-corrected chi connectivity index (χ4v) is 3.27. The van der Waals surface area contributed by atoms with Crippen molar-refractivity contribution in [1.82, 2.24) is 10.3 Å². The van der Waals surface area contributed by atoms with Gasteiger partial charge in [-0.3, -0.25) is 10.1 Å². The lowest BCUT2D eigenvalue weighted by Crippen LogP contribution is -2.34. The quantitative estimate of drug-likeness (QED) is 0.308. The number of halogens is 1. The van der Waals surface area contributed by atoms with Gasteiger partial charge >= 0.3 is 0 Å². The third-order valence-electron chi connectivity index (χ3n) is 4.66. The van der Waals surface area contributed by atoms with Crippen LogP contribution in [0.3, 0.4) is 0 Å². The molecular weight excluding hydrogens is 417 g/mol. The first-order valence-electron chi connectivity index (χ1n) is 9.53. The zero-order chi connectivity index (χ0) is 22.0. The van der Waals surface area contributed by atoms with Crippen LogP contribution in [-0.2, 0) is 6.42 Å². The Kier molecular flexibility index (Phi) is 5.64. The van der Waals surface area contributed by atoms with Gasteiger partial charge in [0.25, 0.3) is 5.91 Å². The highest BCUT2D eigenvalue weighted by molar-refractivity contribution is 7.80. The van der Waals surface area contributed by atoms with E-state index in [0.717, 1.165) is 18.1 Å². The van der Waals surface area contributed by atoms with Crippen LogP contribution in [-0.4, -0.2) is 21.1 Å². The molecule has 4 aromatic rings. The molecule has 0 unspecified atom stereocenters. The van der Waals surface area contributed by atoms with Gasteiger partial charge in [-0.25, -0.2) is 9.37 Å². The molecule has 3 N–H and O–H groups in total. The first-order chi connectivity index (χ1) is 14.9. The molecule has 0 saturated carbocycles. The Bertz CT molecular complexity index is 1300. The molecule has 0 saturated heterocycles. The van der Waals surface area contributed by atoms with E-state index in [9.17, 15) is 14.3 Å². The van der Waals surface area contributed by atoms with Crippen molar-refractivity contribution in [2.45, 2.75) is 13.3 Å². The van der Waals surface area contributed by atoms with E-state index < -0.39 is 11.7 Å². The standard InChI is InChI=1S/C23H18FN3O3S/c1-2-13-6-9-20-18(10-13)26-22(30-20)17-12-16(7-8-19(17)28)25-23(31)27-21(29)14-4-3-5-15(24)11-14/h3-12,28H,2H2,1H3,(H2,25,27,29,31). The number of anilines is 1. The number of aromatic nitrogens is 1. The van der Waals surface area contributed by atoms with Gasteiger partial charge in [0.05, 0.1) is 5.56 Å². The molecule has 8 heteroatoms. The van der Waals surface area contributed by atoms with E-state index in [-0.39, 0.29) is 22.3 Å². The lowest BCUT2D eigenvalue weighted by molar-refractivity contribution is 0.0977. The first-order valence-corrected chi connectivity index (χ1v) is 9.94. The Morgan fingerprint density at radius 1 is 1.16 bits per heavy atom. The number of carbonyl (C=O) groups excluding carboxylic acids is 1. The average Bonchev–Trinajstić information content (AvgIpc) is 3.18. The average molecular weight is 435 g/mol. The maximum atomic E-state index is 13.3. The number of hydrogen-bond acceptors (Lipinski definition) is 5. The van der Waals surface area contributed by atoms with Crippen LogP contribution >= 0.6 is 12.2 Å². The highest BCUT2D eigenvalue weighted by Crippen LogP contribution is 2.33. The second-order valence-electron chi connectivity index (χ2n) is 6.83. The Balaban J connectivity index is 1.54. The molecule has 0 aliphatic rings. The maximum Gasteiger partial charge on any atom is 0.257 e. The normalized spacial score (nSPS) is 10.8. The molecule has 1 heterocycles. The molecule has 6 nitrogen and oxygen atoms in total. The number of amides is 1. The van der Waals surface area contributed by atoms with Crippen LogP contribution in [0, 0.1) is 5.82 Å². The number of thiocarbonyl (C=S) groups is 1. The van der Waals surface area contributed by atoms with Crippen molar-refractivity contribution in [2.24, 2.45) is 0 Å². The molecule has 0 fully saturated rings. The lowest BCUT2D eigenvalue weighted by atomic mass is 10.1. The molecule has 1 amide bonds. The van der Waals surface area contributed by atoms with Crippen molar-refractivity contribution < 1.29 is 18.7 Å².